The van der Waals surface area contributed by atoms with Gasteiger partial charge in [0.15, 0.2) is 0 Å². The van der Waals surface area contributed by atoms with Gasteiger partial charge in [-0.15, -0.1) is 0 Å². The fourth-order valence-corrected chi connectivity index (χ4v) is 1.89. The van der Waals surface area contributed by atoms with Crippen LogP contribution in [-0.4, -0.2) is 31.2 Å². The molecule has 8 heteroatoms. The van der Waals surface area contributed by atoms with Crippen LogP contribution in [0.4, 0.5) is 15.8 Å². The number of nitrogens with one attached hydrogen (secondary N) is 1. The van der Waals surface area contributed by atoms with E-state index < -0.39 is 16.6 Å². The minimum atomic E-state index is -0.560. The van der Waals surface area contributed by atoms with Gasteiger partial charge in [0, 0.05) is 30.9 Å². The van der Waals surface area contributed by atoms with Crippen molar-refractivity contribution in [3.05, 3.63) is 64.0 Å². The number of non-ortho nitro benzene ring substituents is 1. The first-order chi connectivity index (χ1) is 11.5. The van der Waals surface area contributed by atoms with Gasteiger partial charge in [0.05, 0.1) is 17.2 Å². The zero-order valence-corrected chi connectivity index (χ0v) is 12.8. The van der Waals surface area contributed by atoms with E-state index in [2.05, 4.69) is 5.32 Å². The molecule has 0 heterocycles. The first-order valence-electron chi connectivity index (χ1n) is 6.98. The molecule has 0 radical (unpaired) electrons. The molecule has 1 amide bonds. The Labute approximate surface area is 137 Å². The quantitative estimate of drug-likeness (QED) is 0.477. The fourth-order valence-electron chi connectivity index (χ4n) is 1.89. The predicted octanol–water partition coefficient (Wildman–Crippen LogP) is 3.01. The number of nitro groups is 1. The van der Waals surface area contributed by atoms with Crippen molar-refractivity contribution in [3.63, 3.8) is 0 Å². The van der Waals surface area contributed by atoms with Crippen molar-refractivity contribution in [2.75, 3.05) is 25.6 Å². The van der Waals surface area contributed by atoms with Gasteiger partial charge >= 0.3 is 0 Å². The van der Waals surface area contributed by atoms with Crippen molar-refractivity contribution in [2.45, 2.75) is 0 Å². The van der Waals surface area contributed by atoms with Gasteiger partial charge in [-0.3, -0.25) is 14.9 Å². The molecule has 0 bridgehead atoms. The Morgan fingerprint density at radius 2 is 1.92 bits per heavy atom. The second kappa shape index (κ2) is 8.02. The van der Waals surface area contributed by atoms with Crippen LogP contribution < -0.4 is 10.1 Å². The molecule has 2 rings (SSSR count). The smallest absolute Gasteiger partial charge is 0.269 e. The SMILES string of the molecule is COCCOc1ccc(F)cc1NC(=O)c1ccc([N+](=O)[O-])cc1. The monoisotopic (exact) mass is 334 g/mol. The summed E-state index contributed by atoms with van der Waals surface area (Å²) in [7, 11) is 1.52. The van der Waals surface area contributed by atoms with Crippen LogP contribution in [0, 0.1) is 15.9 Å². The number of amides is 1. The highest BCUT2D eigenvalue weighted by Gasteiger charge is 2.13. The Morgan fingerprint density at radius 3 is 2.54 bits per heavy atom. The number of anilines is 1. The molecule has 126 valence electrons. The van der Waals surface area contributed by atoms with Crippen molar-refractivity contribution in [1.29, 1.82) is 0 Å². The van der Waals surface area contributed by atoms with Gasteiger partial charge in [0.1, 0.15) is 18.2 Å². The minimum Gasteiger partial charge on any atom is -0.489 e. The summed E-state index contributed by atoms with van der Waals surface area (Å²) < 4.78 is 23.7. The maximum atomic E-state index is 13.4. The minimum absolute atomic E-state index is 0.124. The molecule has 24 heavy (non-hydrogen) atoms. The summed E-state index contributed by atoms with van der Waals surface area (Å²) in [6.07, 6.45) is 0. The van der Waals surface area contributed by atoms with Crippen LogP contribution in [0.15, 0.2) is 42.5 Å². The van der Waals surface area contributed by atoms with Gasteiger partial charge in [-0.25, -0.2) is 4.39 Å². The Bertz CT molecular complexity index is 734. The van der Waals surface area contributed by atoms with Crippen molar-refractivity contribution >= 4 is 17.3 Å². The molecule has 1 N–H and O–H groups in total. The number of nitrogens with zero attached hydrogens (tertiary/aromatic N) is 1. The standard InChI is InChI=1S/C16H15FN2O5/c1-23-8-9-24-15-7-4-12(17)10-14(15)18-16(20)11-2-5-13(6-3-11)19(21)22/h2-7,10H,8-9H2,1H3,(H,18,20). The number of hydrogen-bond acceptors (Lipinski definition) is 5. The van der Waals surface area contributed by atoms with Crippen LogP contribution in [0.2, 0.25) is 0 Å². The summed E-state index contributed by atoms with van der Waals surface area (Å²) in [5.74, 6) is -0.774. The number of hydrogen-bond donors (Lipinski definition) is 1. The van der Waals surface area contributed by atoms with Crippen LogP contribution in [0.5, 0.6) is 5.75 Å². The third-order valence-corrected chi connectivity index (χ3v) is 3.08. The van der Waals surface area contributed by atoms with Crippen molar-refractivity contribution in [2.24, 2.45) is 0 Å². The third kappa shape index (κ3) is 4.50. The normalized spacial score (nSPS) is 10.2. The number of methoxy groups -OCH3 is 1. The molecular formula is C16H15FN2O5. The molecule has 0 aromatic heterocycles. The van der Waals surface area contributed by atoms with Gasteiger partial charge in [-0.05, 0) is 24.3 Å². The molecule has 0 saturated heterocycles. The summed E-state index contributed by atoms with van der Waals surface area (Å²) in [6, 6.07) is 8.81. The van der Waals surface area contributed by atoms with Crippen molar-refractivity contribution in [3.8, 4) is 5.75 Å². The zero-order chi connectivity index (χ0) is 17.5. The van der Waals surface area contributed by atoms with Crippen molar-refractivity contribution < 1.29 is 23.6 Å². The second-order valence-electron chi connectivity index (χ2n) is 4.74. The Hall–Kier alpha value is -3.00. The highest BCUT2D eigenvalue weighted by Crippen LogP contribution is 2.26. The van der Waals surface area contributed by atoms with E-state index in [4.69, 9.17) is 9.47 Å². The van der Waals surface area contributed by atoms with E-state index in [9.17, 15) is 19.3 Å². The van der Waals surface area contributed by atoms with Gasteiger partial charge in [-0.2, -0.15) is 0 Å². The molecule has 0 spiro atoms. The van der Waals surface area contributed by atoms with E-state index in [1.54, 1.807) is 0 Å². The lowest BCUT2D eigenvalue weighted by molar-refractivity contribution is -0.384. The highest BCUT2D eigenvalue weighted by molar-refractivity contribution is 6.05. The average Bonchev–Trinajstić information content (AvgIpc) is 2.57. The number of rotatable bonds is 7. The number of benzene rings is 2. The third-order valence-electron chi connectivity index (χ3n) is 3.08. The lowest BCUT2D eigenvalue weighted by Gasteiger charge is -2.12. The number of halogens is 1. The fraction of sp³-hybridized carbons (Fsp3) is 0.188. The number of ether oxygens (including phenoxy) is 2. The lowest BCUT2D eigenvalue weighted by Crippen LogP contribution is -2.14. The number of nitro benzene ring substituents is 1. The summed E-state index contributed by atoms with van der Waals surface area (Å²) in [6.45, 7) is 0.579. The molecule has 2 aromatic rings. The van der Waals surface area contributed by atoms with Gasteiger partial charge < -0.3 is 14.8 Å². The molecule has 2 aromatic carbocycles. The van der Waals surface area contributed by atoms with Gasteiger partial charge in [0.25, 0.3) is 11.6 Å². The Morgan fingerprint density at radius 1 is 1.21 bits per heavy atom. The summed E-state index contributed by atoms with van der Waals surface area (Å²) in [5.41, 5.74) is 0.239. The Kier molecular flexibility index (Phi) is 5.80. The maximum absolute atomic E-state index is 13.4. The largest absolute Gasteiger partial charge is 0.489 e. The average molecular weight is 334 g/mol. The van der Waals surface area contributed by atoms with Crippen LogP contribution in [-0.2, 0) is 4.74 Å². The predicted molar refractivity (Wildman–Crippen MR) is 84.8 cm³/mol. The topological polar surface area (TPSA) is 90.7 Å². The molecule has 0 aliphatic rings. The van der Waals surface area contributed by atoms with E-state index in [1.807, 2.05) is 0 Å². The Balaban J connectivity index is 2.15. The molecular weight excluding hydrogens is 319 g/mol. The van der Waals surface area contributed by atoms with Crippen LogP contribution in [0.25, 0.3) is 0 Å². The molecule has 0 unspecified atom stereocenters. The van der Waals surface area contributed by atoms with E-state index in [0.29, 0.717) is 12.4 Å². The zero-order valence-electron chi connectivity index (χ0n) is 12.8. The first kappa shape index (κ1) is 17.4. The molecule has 0 aliphatic carbocycles. The van der Waals surface area contributed by atoms with Gasteiger partial charge in [-0.1, -0.05) is 0 Å². The van der Waals surface area contributed by atoms with E-state index in [0.717, 1.165) is 6.07 Å². The maximum Gasteiger partial charge on any atom is 0.269 e. The van der Waals surface area contributed by atoms with E-state index >= 15 is 0 Å². The molecule has 0 atom stereocenters. The summed E-state index contributed by atoms with van der Waals surface area (Å²) in [4.78, 5) is 22.3. The number of carbonyl (C=O) groups excluding carboxylic acids is 1. The lowest BCUT2D eigenvalue weighted by atomic mass is 10.2. The van der Waals surface area contributed by atoms with Gasteiger partial charge in [0.2, 0.25) is 0 Å². The molecule has 0 fully saturated rings. The summed E-state index contributed by atoms with van der Waals surface area (Å²) >= 11 is 0. The van der Waals surface area contributed by atoms with E-state index in [1.165, 1.54) is 43.5 Å². The van der Waals surface area contributed by atoms with Crippen LogP contribution >= 0.6 is 0 Å². The van der Waals surface area contributed by atoms with Crippen LogP contribution in [0.3, 0.4) is 0 Å². The first-order valence-corrected chi connectivity index (χ1v) is 6.98. The van der Waals surface area contributed by atoms with E-state index in [-0.39, 0.29) is 23.5 Å². The second-order valence-corrected chi connectivity index (χ2v) is 4.74. The molecule has 0 saturated carbocycles. The number of carbonyl (C=O) groups is 1. The van der Waals surface area contributed by atoms with Crippen LogP contribution in [0.1, 0.15) is 10.4 Å². The van der Waals surface area contributed by atoms with Crippen molar-refractivity contribution in [1.82, 2.24) is 0 Å². The molecule has 0 aliphatic heterocycles. The summed E-state index contributed by atoms with van der Waals surface area (Å²) in [5, 5.41) is 13.1. The highest BCUT2D eigenvalue weighted by atomic mass is 19.1. The molecule has 7 nitrogen and oxygen atoms in total.